The van der Waals surface area contributed by atoms with Crippen molar-refractivity contribution in [3.05, 3.63) is 82.3 Å². The standard InChI is InChI=1S/C30H28ClF4N3O2/c1-17-5-3-8-24(18-6-4-7-20(15-18)28-23(36-29(17)40)12-13-37(28)2)38-14-11-19(16-25(38)39)26-21(30(33,34)35)9-10-22(31)27(26)32/h4,6-7,9-10,12-13,15-17,24H,3,5,8,11,14H2,1-2H3,(H,36,40)/t17-,24+/m1/s1. The number of carbonyl (C=O) groups excluding carboxylic acids is 2. The normalized spacial score (nSPS) is 20.3. The number of rotatable bonds is 2. The summed E-state index contributed by atoms with van der Waals surface area (Å²) in [6.45, 7) is 1.96. The molecule has 0 saturated heterocycles. The van der Waals surface area contributed by atoms with Gasteiger partial charge in [-0.1, -0.05) is 43.1 Å². The summed E-state index contributed by atoms with van der Waals surface area (Å²) in [6.07, 6.45) is -0.0294. The summed E-state index contributed by atoms with van der Waals surface area (Å²) in [5, 5.41) is 2.59. The lowest BCUT2D eigenvalue weighted by atomic mass is 9.90. The van der Waals surface area contributed by atoms with Gasteiger partial charge in [0.05, 0.1) is 28.0 Å². The molecule has 0 unspecified atom stereocenters. The van der Waals surface area contributed by atoms with Crippen molar-refractivity contribution in [3.63, 3.8) is 0 Å². The molecule has 40 heavy (non-hydrogen) atoms. The van der Waals surface area contributed by atoms with Gasteiger partial charge in [-0.25, -0.2) is 4.39 Å². The number of nitrogens with one attached hydrogen (secondary N) is 1. The fourth-order valence-electron chi connectivity index (χ4n) is 5.65. The Kier molecular flexibility index (Phi) is 7.52. The summed E-state index contributed by atoms with van der Waals surface area (Å²) in [5.74, 6) is -2.04. The Morgan fingerprint density at radius 3 is 2.58 bits per heavy atom. The largest absolute Gasteiger partial charge is 0.417 e. The highest BCUT2D eigenvalue weighted by Gasteiger charge is 2.38. The van der Waals surface area contributed by atoms with Crippen LogP contribution in [0.5, 0.6) is 0 Å². The number of hydrogen-bond acceptors (Lipinski definition) is 2. The molecule has 0 spiro atoms. The zero-order valence-corrected chi connectivity index (χ0v) is 22.7. The molecule has 10 heteroatoms. The maximum absolute atomic E-state index is 14.9. The Labute approximate surface area is 234 Å². The van der Waals surface area contributed by atoms with Gasteiger partial charge in [-0.15, -0.1) is 0 Å². The molecular formula is C30H28ClF4N3O2. The molecule has 2 aliphatic heterocycles. The number of fused-ring (bicyclic) bond motifs is 4. The van der Waals surface area contributed by atoms with Crippen molar-refractivity contribution in [2.75, 3.05) is 11.9 Å². The minimum atomic E-state index is -4.81. The third kappa shape index (κ3) is 5.27. The quantitative estimate of drug-likeness (QED) is 0.321. The van der Waals surface area contributed by atoms with Crippen LogP contribution in [-0.4, -0.2) is 27.8 Å². The molecule has 2 bridgehead atoms. The Morgan fingerprint density at radius 1 is 1.07 bits per heavy atom. The van der Waals surface area contributed by atoms with Crippen molar-refractivity contribution in [1.29, 1.82) is 0 Å². The number of benzene rings is 2. The zero-order chi connectivity index (χ0) is 28.8. The summed E-state index contributed by atoms with van der Waals surface area (Å²) in [5.41, 5.74) is 1.38. The number of alkyl halides is 3. The Hall–Kier alpha value is -3.59. The number of hydrogen-bond donors (Lipinski definition) is 1. The molecule has 3 aromatic rings. The Morgan fingerprint density at radius 2 is 1.85 bits per heavy atom. The fraction of sp³-hybridized carbons (Fsp3) is 0.333. The fourth-order valence-corrected chi connectivity index (χ4v) is 5.81. The van der Waals surface area contributed by atoms with Gasteiger partial charge >= 0.3 is 6.18 Å². The second-order valence-corrected chi connectivity index (χ2v) is 10.8. The Bertz CT molecular complexity index is 1510. The van der Waals surface area contributed by atoms with Crippen molar-refractivity contribution in [2.24, 2.45) is 13.0 Å². The maximum atomic E-state index is 14.9. The first-order valence-electron chi connectivity index (χ1n) is 13.1. The van der Waals surface area contributed by atoms with E-state index in [4.69, 9.17) is 11.6 Å². The van der Waals surface area contributed by atoms with Crippen LogP contribution in [0.3, 0.4) is 0 Å². The maximum Gasteiger partial charge on any atom is 0.417 e. The van der Waals surface area contributed by atoms with E-state index in [1.165, 1.54) is 0 Å². The second-order valence-electron chi connectivity index (χ2n) is 10.4. The van der Waals surface area contributed by atoms with Crippen molar-refractivity contribution in [1.82, 2.24) is 9.47 Å². The highest BCUT2D eigenvalue weighted by atomic mass is 35.5. The molecule has 2 aliphatic rings. The third-order valence-electron chi connectivity index (χ3n) is 7.74. The van der Waals surface area contributed by atoms with Crippen LogP contribution in [0.25, 0.3) is 16.8 Å². The number of aryl methyl sites for hydroxylation is 1. The van der Waals surface area contributed by atoms with Gasteiger partial charge in [-0.05, 0) is 54.7 Å². The zero-order valence-electron chi connectivity index (χ0n) is 22.0. The molecule has 2 aromatic carbocycles. The van der Waals surface area contributed by atoms with Gasteiger partial charge in [0.15, 0.2) is 0 Å². The van der Waals surface area contributed by atoms with Gasteiger partial charge in [0.25, 0.3) is 0 Å². The molecule has 0 saturated carbocycles. The van der Waals surface area contributed by atoms with E-state index >= 15 is 0 Å². The minimum absolute atomic E-state index is 0.0308. The van der Waals surface area contributed by atoms with Gasteiger partial charge in [0.1, 0.15) is 5.82 Å². The third-order valence-corrected chi connectivity index (χ3v) is 8.03. The Balaban J connectivity index is 1.54. The molecule has 2 atom stereocenters. The summed E-state index contributed by atoms with van der Waals surface area (Å²) < 4.78 is 58.0. The van der Waals surface area contributed by atoms with E-state index in [2.05, 4.69) is 5.32 Å². The van der Waals surface area contributed by atoms with E-state index in [0.717, 1.165) is 35.0 Å². The van der Waals surface area contributed by atoms with Crippen LogP contribution >= 0.6 is 11.6 Å². The molecule has 0 aliphatic carbocycles. The van der Waals surface area contributed by atoms with Gasteiger partial charge in [-0.2, -0.15) is 13.2 Å². The predicted molar refractivity (Wildman–Crippen MR) is 146 cm³/mol. The molecule has 1 aromatic heterocycles. The van der Waals surface area contributed by atoms with Gasteiger partial charge in [0, 0.05) is 42.9 Å². The highest BCUT2D eigenvalue weighted by molar-refractivity contribution is 6.31. The molecule has 210 valence electrons. The van der Waals surface area contributed by atoms with Gasteiger partial charge < -0.3 is 14.8 Å². The van der Waals surface area contributed by atoms with E-state index in [1.54, 1.807) is 4.90 Å². The lowest BCUT2D eigenvalue weighted by Gasteiger charge is -2.35. The number of aromatic nitrogens is 1. The summed E-state index contributed by atoms with van der Waals surface area (Å²) in [4.78, 5) is 28.0. The van der Waals surface area contributed by atoms with Crippen LogP contribution in [0, 0.1) is 11.7 Å². The number of halogens is 5. The molecule has 2 amide bonds. The molecule has 3 heterocycles. The van der Waals surface area contributed by atoms with Crippen LogP contribution in [0.2, 0.25) is 5.02 Å². The van der Waals surface area contributed by atoms with E-state index in [0.29, 0.717) is 24.9 Å². The molecule has 5 rings (SSSR count). The predicted octanol–water partition coefficient (Wildman–Crippen LogP) is 7.62. The average Bonchev–Trinajstić information content (AvgIpc) is 3.26. The van der Waals surface area contributed by atoms with Crippen LogP contribution in [-0.2, 0) is 22.8 Å². The summed E-state index contributed by atoms with van der Waals surface area (Å²) in [7, 11) is 1.88. The number of carbonyl (C=O) groups is 2. The van der Waals surface area contributed by atoms with Crippen molar-refractivity contribution < 1.29 is 27.2 Å². The van der Waals surface area contributed by atoms with Crippen LogP contribution < -0.4 is 5.32 Å². The van der Waals surface area contributed by atoms with Crippen molar-refractivity contribution in [3.8, 4) is 11.3 Å². The topological polar surface area (TPSA) is 54.3 Å². The molecule has 0 fully saturated rings. The van der Waals surface area contributed by atoms with Crippen molar-refractivity contribution in [2.45, 2.75) is 44.8 Å². The summed E-state index contributed by atoms with van der Waals surface area (Å²) in [6, 6.07) is 10.8. The molecular weight excluding hydrogens is 546 g/mol. The molecule has 5 nitrogen and oxygen atoms in total. The number of anilines is 1. The highest BCUT2D eigenvalue weighted by Crippen LogP contribution is 2.42. The van der Waals surface area contributed by atoms with Crippen LogP contribution in [0.4, 0.5) is 23.2 Å². The molecule has 0 radical (unpaired) electrons. The smallest absolute Gasteiger partial charge is 0.349 e. The first-order valence-corrected chi connectivity index (χ1v) is 13.5. The van der Waals surface area contributed by atoms with Gasteiger partial charge in [0.2, 0.25) is 11.8 Å². The average molecular weight is 574 g/mol. The van der Waals surface area contributed by atoms with E-state index < -0.39 is 34.1 Å². The lowest BCUT2D eigenvalue weighted by molar-refractivity contribution is -0.138. The van der Waals surface area contributed by atoms with Crippen LogP contribution in [0.1, 0.15) is 55.3 Å². The first-order chi connectivity index (χ1) is 19.0. The van der Waals surface area contributed by atoms with E-state index in [-0.39, 0.29) is 36.4 Å². The monoisotopic (exact) mass is 573 g/mol. The SMILES string of the molecule is C[C@@H]1CCC[C@H](N2CCC(c3c(C(F)(F)F)ccc(Cl)c3F)=CC2=O)c2cccc(c2)-c2c(ccn2C)NC1=O. The first kappa shape index (κ1) is 28.0. The van der Waals surface area contributed by atoms with Crippen LogP contribution in [0.15, 0.2) is 54.7 Å². The number of amides is 2. The van der Waals surface area contributed by atoms with Gasteiger partial charge in [-0.3, -0.25) is 9.59 Å². The van der Waals surface area contributed by atoms with E-state index in [9.17, 15) is 27.2 Å². The minimum Gasteiger partial charge on any atom is -0.349 e. The number of nitrogens with zero attached hydrogens (tertiary/aromatic N) is 2. The molecule has 1 N–H and O–H groups in total. The van der Waals surface area contributed by atoms with E-state index in [1.807, 2.05) is 55.1 Å². The lowest BCUT2D eigenvalue weighted by Crippen LogP contribution is -2.37. The van der Waals surface area contributed by atoms with Crippen molar-refractivity contribution >= 4 is 34.7 Å². The summed E-state index contributed by atoms with van der Waals surface area (Å²) >= 11 is 5.83. The second kappa shape index (κ2) is 10.8.